The summed E-state index contributed by atoms with van der Waals surface area (Å²) in [7, 11) is 0. The van der Waals surface area contributed by atoms with Crippen molar-refractivity contribution < 1.29 is 34.1 Å². The largest absolute Gasteiger partial charge is 0.490 e. The number of carboxylic acids is 2. The minimum absolute atomic E-state index is 0.0265. The molecule has 0 aliphatic heterocycles. The van der Waals surface area contributed by atoms with Crippen molar-refractivity contribution in [1.82, 2.24) is 4.98 Å². The first-order valence-electron chi connectivity index (χ1n) is 9.72. The molecule has 1 aromatic heterocycles. The highest BCUT2D eigenvalue weighted by Gasteiger charge is 2.27. The molecule has 10 nitrogen and oxygen atoms in total. The van der Waals surface area contributed by atoms with Crippen molar-refractivity contribution in [2.45, 2.75) is 13.8 Å². The summed E-state index contributed by atoms with van der Waals surface area (Å²) in [5.41, 5.74) is 4.03. The van der Waals surface area contributed by atoms with Crippen LogP contribution in [0.5, 0.6) is 11.5 Å². The van der Waals surface area contributed by atoms with Gasteiger partial charge in [-0.15, -0.1) is 0 Å². The monoisotopic (exact) mass is 452 g/mol. The number of carbonyl (C=O) groups excluding carboxylic acids is 1. The zero-order valence-corrected chi connectivity index (χ0v) is 17.7. The van der Waals surface area contributed by atoms with Gasteiger partial charge in [-0.05, 0) is 43.7 Å². The minimum Gasteiger partial charge on any atom is -0.490 e. The van der Waals surface area contributed by atoms with Gasteiger partial charge in [0, 0.05) is 5.56 Å². The Bertz CT molecular complexity index is 1330. The normalized spacial score (nSPS) is 10.5. The van der Waals surface area contributed by atoms with Gasteiger partial charge in [-0.25, -0.2) is 14.4 Å². The molecule has 10 heteroatoms. The number of carbonyl (C=O) groups is 3. The quantitative estimate of drug-likeness (QED) is 0.311. The lowest BCUT2D eigenvalue weighted by Crippen LogP contribution is -2.24. The van der Waals surface area contributed by atoms with Gasteiger partial charge in [0.1, 0.15) is 16.9 Å². The summed E-state index contributed by atoms with van der Waals surface area (Å²) in [5.74, 6) is -4.25. The molecule has 2 aromatic carbocycles. The number of rotatable bonds is 7. The van der Waals surface area contributed by atoms with Gasteiger partial charge in [0.25, 0.3) is 5.56 Å². The molecule has 0 aliphatic rings. The molecule has 3 rings (SSSR count). The predicted molar refractivity (Wildman–Crippen MR) is 118 cm³/mol. The van der Waals surface area contributed by atoms with Crippen LogP contribution in [0.25, 0.3) is 11.1 Å². The lowest BCUT2D eigenvalue weighted by atomic mass is 9.95. The number of ether oxygens (including phenoxy) is 2. The van der Waals surface area contributed by atoms with E-state index in [1.54, 1.807) is 25.1 Å². The van der Waals surface area contributed by atoms with Crippen LogP contribution in [0.4, 0.5) is 5.82 Å². The SMILES string of the molecule is CCOc1cc(-c2c(C(=O)O)c(N)[nH]c(=O)c2C(=O)O)ccc1OC(=O)c1cccc(C)c1. The van der Waals surface area contributed by atoms with Gasteiger partial charge in [-0.3, -0.25) is 4.79 Å². The first-order chi connectivity index (χ1) is 15.6. The van der Waals surface area contributed by atoms with Crippen molar-refractivity contribution in [3.63, 3.8) is 0 Å². The molecular formula is C23H20N2O8. The molecule has 0 aliphatic carbocycles. The number of aromatic nitrogens is 1. The molecule has 0 atom stereocenters. The Morgan fingerprint density at radius 3 is 2.30 bits per heavy atom. The number of nitrogens with one attached hydrogen (secondary N) is 1. The van der Waals surface area contributed by atoms with Gasteiger partial charge < -0.3 is 30.4 Å². The van der Waals surface area contributed by atoms with E-state index in [0.717, 1.165) is 5.56 Å². The number of aryl methyl sites for hydroxylation is 1. The summed E-state index contributed by atoms with van der Waals surface area (Å²) in [4.78, 5) is 50.4. The van der Waals surface area contributed by atoms with E-state index in [1.165, 1.54) is 18.2 Å². The van der Waals surface area contributed by atoms with Crippen LogP contribution in [0, 0.1) is 6.92 Å². The molecule has 0 bridgehead atoms. The van der Waals surface area contributed by atoms with Crippen LogP contribution in [-0.4, -0.2) is 39.7 Å². The van der Waals surface area contributed by atoms with Crippen LogP contribution in [-0.2, 0) is 0 Å². The van der Waals surface area contributed by atoms with E-state index in [2.05, 4.69) is 0 Å². The molecule has 0 radical (unpaired) electrons. The summed E-state index contributed by atoms with van der Waals surface area (Å²) >= 11 is 0. The number of H-pyrrole nitrogens is 1. The second-order valence-corrected chi connectivity index (χ2v) is 6.96. The molecule has 0 spiro atoms. The summed E-state index contributed by atoms with van der Waals surface area (Å²) < 4.78 is 11.0. The summed E-state index contributed by atoms with van der Waals surface area (Å²) in [6.45, 7) is 3.66. The van der Waals surface area contributed by atoms with Crippen LogP contribution < -0.4 is 20.8 Å². The molecule has 3 aromatic rings. The molecule has 0 saturated carbocycles. The average molecular weight is 452 g/mol. The van der Waals surface area contributed by atoms with Crippen LogP contribution in [0.1, 0.15) is 43.6 Å². The van der Waals surface area contributed by atoms with Crippen molar-refractivity contribution in [1.29, 1.82) is 0 Å². The van der Waals surface area contributed by atoms with E-state index >= 15 is 0 Å². The number of aromatic carboxylic acids is 2. The number of nitrogen functional groups attached to an aromatic ring is 1. The summed E-state index contributed by atoms with van der Waals surface area (Å²) in [6.07, 6.45) is 0. The molecule has 0 amide bonds. The second-order valence-electron chi connectivity index (χ2n) is 6.96. The Kier molecular flexibility index (Phi) is 6.48. The number of anilines is 1. The van der Waals surface area contributed by atoms with Crippen LogP contribution in [0.3, 0.4) is 0 Å². The van der Waals surface area contributed by atoms with Crippen molar-refractivity contribution in [2.24, 2.45) is 0 Å². The Morgan fingerprint density at radius 2 is 1.70 bits per heavy atom. The van der Waals surface area contributed by atoms with Gasteiger partial charge in [0.15, 0.2) is 11.5 Å². The number of carboxylic acid groups (broad SMARTS) is 2. The smallest absolute Gasteiger partial charge is 0.343 e. The Labute approximate surface area is 187 Å². The maximum atomic E-state index is 12.6. The van der Waals surface area contributed by atoms with Crippen molar-refractivity contribution in [3.05, 3.63) is 75.1 Å². The fourth-order valence-corrected chi connectivity index (χ4v) is 3.28. The van der Waals surface area contributed by atoms with E-state index in [1.807, 2.05) is 18.0 Å². The van der Waals surface area contributed by atoms with Gasteiger partial charge >= 0.3 is 17.9 Å². The van der Waals surface area contributed by atoms with E-state index < -0.39 is 46.0 Å². The zero-order chi connectivity index (χ0) is 24.3. The standard InChI is InChI=1S/C23H20N2O8/c1-3-32-15-10-12(7-8-14(15)33-23(31)13-6-4-5-11(2)9-13)16-17(21(27)28)19(24)25-20(26)18(16)22(29)30/h4-10H,3H2,1-2H3,(H,27,28)(H,29,30)(H3,24,25,26). The van der Waals surface area contributed by atoms with Crippen molar-refractivity contribution in [3.8, 4) is 22.6 Å². The minimum atomic E-state index is -1.64. The van der Waals surface area contributed by atoms with Crippen LogP contribution in [0.2, 0.25) is 0 Å². The lowest BCUT2D eigenvalue weighted by molar-refractivity contribution is 0.0693. The third-order valence-electron chi connectivity index (χ3n) is 4.66. The second kappa shape index (κ2) is 9.27. The molecule has 0 unspecified atom stereocenters. The molecule has 0 fully saturated rings. The van der Waals surface area contributed by atoms with E-state index in [-0.39, 0.29) is 23.7 Å². The highest BCUT2D eigenvalue weighted by molar-refractivity contribution is 6.07. The maximum Gasteiger partial charge on any atom is 0.343 e. The van der Waals surface area contributed by atoms with Crippen molar-refractivity contribution in [2.75, 3.05) is 12.3 Å². The molecule has 5 N–H and O–H groups in total. The zero-order valence-electron chi connectivity index (χ0n) is 17.7. The topological polar surface area (TPSA) is 169 Å². The predicted octanol–water partition coefficient (Wildman–Crippen LogP) is 2.95. The van der Waals surface area contributed by atoms with Gasteiger partial charge in [-0.1, -0.05) is 23.8 Å². The highest BCUT2D eigenvalue weighted by Crippen LogP contribution is 2.36. The molecule has 1 heterocycles. The fraction of sp³-hybridized carbons (Fsp3) is 0.130. The molecular weight excluding hydrogens is 432 g/mol. The first kappa shape index (κ1) is 23.1. The third kappa shape index (κ3) is 4.69. The number of esters is 1. The number of nitrogens with two attached hydrogens (primary N) is 1. The summed E-state index contributed by atoms with van der Waals surface area (Å²) in [5, 5.41) is 19.1. The van der Waals surface area contributed by atoms with Crippen LogP contribution in [0.15, 0.2) is 47.3 Å². The van der Waals surface area contributed by atoms with E-state index in [9.17, 15) is 29.4 Å². The highest BCUT2D eigenvalue weighted by atomic mass is 16.6. The molecule has 170 valence electrons. The number of hydrogen-bond acceptors (Lipinski definition) is 7. The third-order valence-corrected chi connectivity index (χ3v) is 4.66. The number of aromatic amines is 1. The van der Waals surface area contributed by atoms with Gasteiger partial charge in [0.2, 0.25) is 0 Å². The van der Waals surface area contributed by atoms with Crippen molar-refractivity contribution >= 4 is 23.7 Å². The maximum absolute atomic E-state index is 12.6. The molecule has 33 heavy (non-hydrogen) atoms. The number of pyridine rings is 1. The summed E-state index contributed by atoms with van der Waals surface area (Å²) in [6, 6.07) is 10.7. The first-order valence-corrected chi connectivity index (χ1v) is 9.72. The Hall–Kier alpha value is -4.60. The Morgan fingerprint density at radius 1 is 1.00 bits per heavy atom. The van der Waals surface area contributed by atoms with Crippen LogP contribution >= 0.6 is 0 Å². The van der Waals surface area contributed by atoms with Gasteiger partial charge in [0.05, 0.1) is 12.2 Å². The lowest BCUT2D eigenvalue weighted by Gasteiger charge is -2.15. The van der Waals surface area contributed by atoms with Gasteiger partial charge in [-0.2, -0.15) is 0 Å². The average Bonchev–Trinajstić information content (AvgIpc) is 2.73. The number of benzene rings is 2. The number of hydrogen-bond donors (Lipinski definition) is 4. The molecule has 0 saturated heterocycles. The van der Waals surface area contributed by atoms with E-state index in [4.69, 9.17) is 15.2 Å². The van der Waals surface area contributed by atoms with E-state index in [0.29, 0.717) is 5.56 Å². The Balaban J connectivity index is 2.16. The fourth-order valence-electron chi connectivity index (χ4n) is 3.28.